The zero-order valence-electron chi connectivity index (χ0n) is 9.59. The van der Waals surface area contributed by atoms with Crippen LogP contribution in [0.25, 0.3) is 0 Å². The summed E-state index contributed by atoms with van der Waals surface area (Å²) in [5.41, 5.74) is 5.78. The number of carbonyl (C=O) groups excluding carboxylic acids is 1. The molecule has 1 amide bonds. The van der Waals surface area contributed by atoms with Crippen molar-refractivity contribution in [2.45, 2.75) is 6.04 Å². The highest BCUT2D eigenvalue weighted by molar-refractivity contribution is 5.80. The lowest BCUT2D eigenvalue weighted by molar-refractivity contribution is -0.137. The molecule has 6 heteroatoms. The summed E-state index contributed by atoms with van der Waals surface area (Å²) >= 11 is 0. The predicted molar refractivity (Wildman–Crippen MR) is 57.8 cm³/mol. The summed E-state index contributed by atoms with van der Waals surface area (Å²) in [7, 11) is 1.58. The average Bonchev–Trinajstić information content (AvgIpc) is 2.69. The lowest BCUT2D eigenvalue weighted by Crippen LogP contribution is -2.45. The van der Waals surface area contributed by atoms with Crippen molar-refractivity contribution in [1.29, 1.82) is 0 Å². The number of amides is 1. The van der Waals surface area contributed by atoms with Crippen molar-refractivity contribution in [1.82, 2.24) is 4.90 Å². The molecule has 2 unspecified atom stereocenters. The molecule has 0 aliphatic carbocycles. The first-order valence-electron chi connectivity index (χ1n) is 5.42. The Bertz CT molecular complexity index is 225. The number of hydrogen-bond acceptors (Lipinski definition) is 5. The van der Waals surface area contributed by atoms with Gasteiger partial charge in [-0.2, -0.15) is 0 Å². The van der Waals surface area contributed by atoms with Crippen molar-refractivity contribution >= 4 is 5.91 Å². The highest BCUT2D eigenvalue weighted by atomic mass is 16.5. The summed E-state index contributed by atoms with van der Waals surface area (Å²) in [6.07, 6.45) is 0. The van der Waals surface area contributed by atoms with Gasteiger partial charge < -0.3 is 25.2 Å². The van der Waals surface area contributed by atoms with Gasteiger partial charge in [0.05, 0.1) is 32.3 Å². The van der Waals surface area contributed by atoms with E-state index in [4.69, 9.17) is 20.3 Å². The Morgan fingerprint density at radius 3 is 2.81 bits per heavy atom. The van der Waals surface area contributed by atoms with E-state index in [0.717, 1.165) is 0 Å². The van der Waals surface area contributed by atoms with Gasteiger partial charge in [-0.25, -0.2) is 0 Å². The average molecular weight is 232 g/mol. The fourth-order valence-electron chi connectivity index (χ4n) is 1.71. The van der Waals surface area contributed by atoms with Crippen LogP contribution < -0.4 is 5.73 Å². The smallest absolute Gasteiger partial charge is 0.229 e. The molecule has 1 saturated heterocycles. The van der Waals surface area contributed by atoms with Gasteiger partial charge >= 0.3 is 0 Å². The van der Waals surface area contributed by atoms with E-state index in [1.54, 1.807) is 12.0 Å². The molecule has 1 heterocycles. The molecular weight excluding hydrogens is 212 g/mol. The Balaban J connectivity index is 2.51. The van der Waals surface area contributed by atoms with E-state index in [-0.39, 0.29) is 24.5 Å². The fraction of sp³-hybridized carbons (Fsp3) is 0.900. The molecule has 0 saturated carbocycles. The van der Waals surface area contributed by atoms with E-state index in [9.17, 15) is 4.79 Å². The third-order valence-corrected chi connectivity index (χ3v) is 2.69. The summed E-state index contributed by atoms with van der Waals surface area (Å²) in [5, 5.41) is 8.90. The summed E-state index contributed by atoms with van der Waals surface area (Å²) in [6, 6.07) is -0.240. The molecule has 1 fully saturated rings. The number of hydrogen-bond donors (Lipinski definition) is 2. The first-order chi connectivity index (χ1) is 7.70. The van der Waals surface area contributed by atoms with Crippen LogP contribution in [0.2, 0.25) is 0 Å². The fourth-order valence-corrected chi connectivity index (χ4v) is 1.71. The Morgan fingerprint density at radius 2 is 2.31 bits per heavy atom. The van der Waals surface area contributed by atoms with Crippen molar-refractivity contribution in [3.05, 3.63) is 0 Å². The van der Waals surface area contributed by atoms with Crippen molar-refractivity contribution in [3.63, 3.8) is 0 Å². The number of ether oxygens (including phenoxy) is 2. The molecule has 0 spiro atoms. The second kappa shape index (κ2) is 6.80. The molecule has 0 radical (unpaired) electrons. The van der Waals surface area contributed by atoms with Crippen molar-refractivity contribution in [2.24, 2.45) is 11.7 Å². The third kappa shape index (κ3) is 3.41. The van der Waals surface area contributed by atoms with Gasteiger partial charge in [0.25, 0.3) is 0 Å². The lowest BCUT2D eigenvalue weighted by atomic mass is 10.0. The number of nitrogens with zero attached hydrogens (tertiary/aromatic N) is 1. The molecule has 3 N–H and O–H groups in total. The molecule has 94 valence electrons. The normalized spacial score (nSPS) is 24.7. The Morgan fingerprint density at radius 1 is 1.56 bits per heavy atom. The zero-order valence-corrected chi connectivity index (χ0v) is 9.59. The minimum absolute atomic E-state index is 0.0573. The van der Waals surface area contributed by atoms with Gasteiger partial charge in [-0.15, -0.1) is 0 Å². The van der Waals surface area contributed by atoms with E-state index in [2.05, 4.69) is 0 Å². The maximum Gasteiger partial charge on any atom is 0.229 e. The Hall–Kier alpha value is -0.690. The molecule has 1 aliphatic heterocycles. The summed E-state index contributed by atoms with van der Waals surface area (Å²) in [5.74, 6) is -0.348. The quantitative estimate of drug-likeness (QED) is 0.578. The largest absolute Gasteiger partial charge is 0.395 e. The Kier molecular flexibility index (Phi) is 5.68. The maximum absolute atomic E-state index is 12.1. The van der Waals surface area contributed by atoms with Crippen molar-refractivity contribution in [3.8, 4) is 0 Å². The first-order valence-corrected chi connectivity index (χ1v) is 5.42. The topological polar surface area (TPSA) is 85.0 Å². The van der Waals surface area contributed by atoms with Crippen LogP contribution in [0.3, 0.4) is 0 Å². The molecule has 0 aromatic carbocycles. The standard InChI is InChI=1S/C10H20N2O4/c1-15-5-3-12(2-4-13)10(14)8-6-16-7-9(8)11/h8-9,13H,2-7,11H2,1H3. The van der Waals surface area contributed by atoms with Crippen molar-refractivity contribution < 1.29 is 19.4 Å². The van der Waals surface area contributed by atoms with Gasteiger partial charge in [-0.1, -0.05) is 0 Å². The van der Waals surface area contributed by atoms with E-state index >= 15 is 0 Å². The second-order valence-corrected chi connectivity index (χ2v) is 3.85. The van der Waals surface area contributed by atoms with Crippen LogP contribution in [-0.2, 0) is 14.3 Å². The summed E-state index contributed by atoms with van der Waals surface area (Å²) in [4.78, 5) is 13.6. The number of carbonyl (C=O) groups is 1. The predicted octanol–water partition coefficient (Wildman–Crippen LogP) is -1.57. The zero-order chi connectivity index (χ0) is 12.0. The lowest BCUT2D eigenvalue weighted by Gasteiger charge is -2.25. The summed E-state index contributed by atoms with van der Waals surface area (Å²) < 4.78 is 10.1. The van der Waals surface area contributed by atoms with E-state index in [1.165, 1.54) is 0 Å². The molecule has 2 atom stereocenters. The van der Waals surface area contributed by atoms with Crippen LogP contribution in [0.4, 0.5) is 0 Å². The molecule has 0 aromatic heterocycles. The molecule has 16 heavy (non-hydrogen) atoms. The van der Waals surface area contributed by atoms with E-state index < -0.39 is 0 Å². The maximum atomic E-state index is 12.1. The van der Waals surface area contributed by atoms with Gasteiger partial charge in [0.2, 0.25) is 5.91 Å². The van der Waals surface area contributed by atoms with Gasteiger partial charge in [0, 0.05) is 26.2 Å². The molecule has 0 bridgehead atoms. The molecular formula is C10H20N2O4. The van der Waals surface area contributed by atoms with Crippen LogP contribution in [0, 0.1) is 5.92 Å². The molecule has 6 nitrogen and oxygen atoms in total. The van der Waals surface area contributed by atoms with Gasteiger partial charge in [-0.3, -0.25) is 4.79 Å². The minimum atomic E-state index is -0.289. The molecule has 1 rings (SSSR count). The Labute approximate surface area is 95.3 Å². The van der Waals surface area contributed by atoms with Gasteiger partial charge in [0.1, 0.15) is 0 Å². The molecule has 0 aromatic rings. The van der Waals surface area contributed by atoms with Gasteiger partial charge in [0.15, 0.2) is 0 Å². The minimum Gasteiger partial charge on any atom is -0.395 e. The van der Waals surface area contributed by atoms with Crippen LogP contribution in [0.15, 0.2) is 0 Å². The van der Waals surface area contributed by atoms with Gasteiger partial charge in [-0.05, 0) is 0 Å². The van der Waals surface area contributed by atoms with Crippen LogP contribution in [0.5, 0.6) is 0 Å². The number of aliphatic hydroxyl groups is 1. The number of methoxy groups -OCH3 is 1. The SMILES string of the molecule is COCCN(CCO)C(=O)C1COCC1N. The highest BCUT2D eigenvalue weighted by Gasteiger charge is 2.33. The summed E-state index contributed by atoms with van der Waals surface area (Å²) in [6.45, 7) is 1.97. The van der Waals surface area contributed by atoms with Crippen LogP contribution in [-0.4, -0.2) is 68.6 Å². The number of nitrogens with two attached hydrogens (primary N) is 1. The van der Waals surface area contributed by atoms with E-state index in [0.29, 0.717) is 32.9 Å². The first kappa shape index (κ1) is 13.4. The number of rotatable bonds is 6. The van der Waals surface area contributed by atoms with Crippen LogP contribution in [0.1, 0.15) is 0 Å². The highest BCUT2D eigenvalue weighted by Crippen LogP contribution is 2.14. The second-order valence-electron chi connectivity index (χ2n) is 3.85. The van der Waals surface area contributed by atoms with Crippen LogP contribution >= 0.6 is 0 Å². The van der Waals surface area contributed by atoms with Crippen molar-refractivity contribution in [2.75, 3.05) is 46.6 Å². The monoisotopic (exact) mass is 232 g/mol. The number of aliphatic hydroxyl groups excluding tert-OH is 1. The van der Waals surface area contributed by atoms with E-state index in [1.807, 2.05) is 0 Å². The molecule has 1 aliphatic rings. The third-order valence-electron chi connectivity index (χ3n) is 2.69.